The highest BCUT2D eigenvalue weighted by molar-refractivity contribution is 5.99. The van der Waals surface area contributed by atoms with Gasteiger partial charge in [-0.15, -0.1) is 0 Å². The molecule has 98 heavy (non-hydrogen) atoms. The molecule has 0 aromatic heterocycles. The summed E-state index contributed by atoms with van der Waals surface area (Å²) in [6.45, 7) is 10.0. The average molecular weight is 1380 g/mol. The van der Waals surface area contributed by atoms with Crippen LogP contribution in [-0.4, -0.2) is 214 Å². The number of carbonyl (C=O) groups is 13. The van der Waals surface area contributed by atoms with Crippen LogP contribution >= 0.6 is 0 Å². The van der Waals surface area contributed by atoms with E-state index in [2.05, 4.69) is 83.0 Å². The van der Waals surface area contributed by atoms with E-state index in [0.717, 1.165) is 12.8 Å². The maximum Gasteiger partial charge on any atom is 0.323 e. The van der Waals surface area contributed by atoms with Crippen molar-refractivity contribution in [1.82, 2.24) is 69.1 Å². The lowest BCUT2D eigenvalue weighted by atomic mass is 10.00. The van der Waals surface area contributed by atoms with Crippen molar-refractivity contribution in [3.05, 3.63) is 35.9 Å². The Balaban J connectivity index is 1.82. The number of benzene rings is 1. The Bertz CT molecular complexity index is 2790. The van der Waals surface area contributed by atoms with E-state index in [0.29, 0.717) is 56.7 Å². The fourth-order valence-electron chi connectivity index (χ4n) is 11.4. The minimum absolute atomic E-state index is 0.0238. The lowest BCUT2D eigenvalue weighted by molar-refractivity contribution is -0.155. The first-order valence-corrected chi connectivity index (χ1v) is 34.5. The molecule has 550 valence electrons. The highest BCUT2D eigenvalue weighted by atomic mass is 16.6. The number of rotatable bonds is 32. The molecule has 1 aromatic rings. The molecular formula is C65H110N18O15. The van der Waals surface area contributed by atoms with Crippen molar-refractivity contribution in [2.24, 2.45) is 40.5 Å². The highest BCUT2D eigenvalue weighted by Crippen LogP contribution is 2.16. The van der Waals surface area contributed by atoms with Gasteiger partial charge in [-0.1, -0.05) is 70.9 Å². The van der Waals surface area contributed by atoms with E-state index in [-0.39, 0.29) is 90.0 Å². The van der Waals surface area contributed by atoms with Crippen molar-refractivity contribution in [2.45, 2.75) is 229 Å². The summed E-state index contributed by atoms with van der Waals surface area (Å²) < 4.78 is 11.5. The number of nitrogens with one attached hydrogen (secondary N) is 13. The number of amides is 11. The summed E-state index contributed by atoms with van der Waals surface area (Å²) in [5.74, 6) is -11.2. The Morgan fingerprint density at radius 2 is 1.00 bits per heavy atom. The Kier molecular flexibility index (Phi) is 36.6. The van der Waals surface area contributed by atoms with Crippen LogP contribution in [0.3, 0.4) is 0 Å². The normalized spacial score (nSPS) is 24.1. The molecule has 33 nitrogen and oxygen atoms in total. The van der Waals surface area contributed by atoms with Crippen molar-refractivity contribution in [1.29, 1.82) is 0 Å². The molecule has 1 aromatic carbocycles. The van der Waals surface area contributed by atoms with Crippen LogP contribution in [-0.2, 0) is 78.2 Å². The molecule has 14 atom stereocenters. The molecule has 3 heterocycles. The largest absolute Gasteiger partial charge is 0.459 e. The van der Waals surface area contributed by atoms with E-state index in [1.54, 1.807) is 44.2 Å². The minimum atomic E-state index is -1.74. The van der Waals surface area contributed by atoms with Crippen LogP contribution in [0.5, 0.6) is 0 Å². The number of esters is 2. The number of unbranched alkanes of at least 4 members (excludes halogenated alkanes) is 1. The van der Waals surface area contributed by atoms with Crippen LogP contribution in [0, 0.1) is 11.8 Å². The van der Waals surface area contributed by atoms with Gasteiger partial charge in [-0.2, -0.15) is 0 Å². The number of ether oxygens (including phenoxy) is 2. The van der Waals surface area contributed by atoms with Gasteiger partial charge in [-0.3, -0.25) is 62.3 Å². The van der Waals surface area contributed by atoms with Crippen LogP contribution in [0.2, 0.25) is 0 Å². The van der Waals surface area contributed by atoms with Gasteiger partial charge >= 0.3 is 11.9 Å². The molecule has 11 amide bonds. The monoisotopic (exact) mass is 1380 g/mol. The van der Waals surface area contributed by atoms with Gasteiger partial charge < -0.3 is 107 Å². The van der Waals surface area contributed by atoms with Gasteiger partial charge in [0.05, 0.1) is 0 Å². The molecule has 33 heteroatoms. The van der Waals surface area contributed by atoms with Gasteiger partial charge in [0, 0.05) is 19.4 Å². The second-order valence-corrected chi connectivity index (χ2v) is 26.0. The molecule has 4 rings (SSSR count). The van der Waals surface area contributed by atoms with E-state index in [1.165, 1.54) is 13.8 Å². The van der Waals surface area contributed by atoms with Crippen molar-refractivity contribution in [3.8, 4) is 0 Å². The fraction of sp³-hybridized carbons (Fsp3) is 0.708. The third-order valence-corrected chi connectivity index (χ3v) is 16.9. The first-order chi connectivity index (χ1) is 46.7. The summed E-state index contributed by atoms with van der Waals surface area (Å²) in [4.78, 5) is 186. The summed E-state index contributed by atoms with van der Waals surface area (Å²) >= 11 is 0. The molecule has 0 unspecified atom stereocenters. The quantitative estimate of drug-likeness (QED) is 0.0237. The van der Waals surface area contributed by atoms with E-state index in [4.69, 9.17) is 38.1 Å². The maximum atomic E-state index is 14.9. The van der Waals surface area contributed by atoms with Crippen LogP contribution < -0.4 is 97.8 Å². The summed E-state index contributed by atoms with van der Waals surface area (Å²) in [7, 11) is 0. The van der Waals surface area contributed by atoms with Crippen LogP contribution in [0.15, 0.2) is 30.3 Å². The molecular weight excluding hydrogens is 1270 g/mol. The molecule has 3 aliphatic rings. The predicted molar refractivity (Wildman–Crippen MR) is 361 cm³/mol. The van der Waals surface area contributed by atoms with Gasteiger partial charge in [0.15, 0.2) is 0 Å². The van der Waals surface area contributed by atoms with Crippen LogP contribution in [0.25, 0.3) is 0 Å². The first-order valence-electron chi connectivity index (χ1n) is 34.5. The molecule has 0 saturated carbocycles. The van der Waals surface area contributed by atoms with E-state index in [9.17, 15) is 62.3 Å². The number of nitrogens with two attached hydrogens (primary N) is 5. The predicted octanol–water partition coefficient (Wildman–Crippen LogP) is -5.03. The fourth-order valence-corrected chi connectivity index (χ4v) is 11.4. The smallest absolute Gasteiger partial charge is 0.323 e. The molecule has 3 saturated heterocycles. The Hall–Kier alpha value is -7.95. The topological polar surface area (TPSA) is 527 Å². The molecule has 3 aliphatic heterocycles. The van der Waals surface area contributed by atoms with Gasteiger partial charge in [-0.05, 0) is 154 Å². The third-order valence-electron chi connectivity index (χ3n) is 16.9. The first kappa shape index (κ1) is 82.5. The number of hydrogen-bond donors (Lipinski definition) is 18. The molecule has 0 bridgehead atoms. The second kappa shape index (κ2) is 43.5. The van der Waals surface area contributed by atoms with Gasteiger partial charge in [0.1, 0.15) is 84.7 Å². The Labute approximate surface area is 573 Å². The van der Waals surface area contributed by atoms with E-state index < -0.39 is 175 Å². The molecule has 0 spiro atoms. The van der Waals surface area contributed by atoms with E-state index >= 15 is 0 Å². The standard InChI is InChI=1S/C65H110N18O15/c1-36(2)14-10-11-19-51(84)74-41(20-26-66)58(89)83-53(39(6)98-65(96)48-18-13-32-72-48)63(94)79-44(23-29-69)55(86)78-46-25-33-73-62(93)52(38(5)97-64(95)47-17-12-31-71-47)82-59(90)45(24-30-70)76-54(85)42(21-27-67)77-60(91)49(34-37(3)4)80-61(92)50(35-40-15-8-7-9-16-40)81-56(87)43(22-28-68)75-57(46)88/h7-9,15-16,36-39,41-50,52-53,71-72H,10-14,17-35,66-70H2,1-6H3,(H,73,93)(H,74,84)(H,75,88)(H,76,85)(H,77,91)(H,78,86)(H,79,94)(H,80,92)(H,81,87)(H,82,90)(H,83,89)/t38-,39-,41+,42+,43+,44+,45+,46+,47+,48+,49+,50-,52+,53+/m1/s1. The van der Waals surface area contributed by atoms with Crippen molar-refractivity contribution < 1.29 is 71.8 Å². The zero-order valence-corrected chi connectivity index (χ0v) is 57.6. The molecule has 23 N–H and O–H groups in total. The zero-order valence-electron chi connectivity index (χ0n) is 57.6. The van der Waals surface area contributed by atoms with Crippen molar-refractivity contribution in [2.75, 3.05) is 52.4 Å². The zero-order chi connectivity index (χ0) is 72.4. The van der Waals surface area contributed by atoms with Crippen LogP contribution in [0.1, 0.15) is 143 Å². The average Bonchev–Trinajstić information content (AvgIpc) is 1.47. The molecule has 0 aliphatic carbocycles. The van der Waals surface area contributed by atoms with Crippen molar-refractivity contribution in [3.63, 3.8) is 0 Å². The lowest BCUT2D eigenvalue weighted by Crippen LogP contribution is -2.62. The highest BCUT2D eigenvalue weighted by Gasteiger charge is 2.40. The van der Waals surface area contributed by atoms with Gasteiger partial charge in [0.2, 0.25) is 65.0 Å². The van der Waals surface area contributed by atoms with Crippen LogP contribution in [0.4, 0.5) is 0 Å². The number of hydrogen-bond acceptors (Lipinski definition) is 22. The molecule has 3 fully saturated rings. The van der Waals surface area contributed by atoms with E-state index in [1.807, 2.05) is 0 Å². The summed E-state index contributed by atoms with van der Waals surface area (Å²) in [5, 5.41) is 35.0. The third kappa shape index (κ3) is 28.1. The molecule has 0 radical (unpaired) electrons. The number of carbonyl (C=O) groups excluding carboxylic acids is 13. The maximum absolute atomic E-state index is 14.9. The SMILES string of the molecule is CC(C)CCCCC(=O)N[C@@H](CCN)C(=O)N[C@H](C(=O)N[C@@H](CCN)C(=O)N[C@H]1CCNC(=O)[C@H]([C@@H](C)OC(=O)[C@@H]2CCCN2)NC(=O)[C@H](CCN)NC(=O)[C@H](CCN)NC(=O)[C@H](CC(C)C)NC(=O)[C@@H](Cc2ccccc2)NC(=O)[C@H](CCN)NC1=O)[C@@H](C)OC(=O)[C@@H]1CCCN1. The second-order valence-electron chi connectivity index (χ2n) is 26.0. The Morgan fingerprint density at radius 3 is 1.52 bits per heavy atom. The Morgan fingerprint density at radius 1 is 0.500 bits per heavy atom. The van der Waals surface area contributed by atoms with Gasteiger partial charge in [0.25, 0.3) is 0 Å². The summed E-state index contributed by atoms with van der Waals surface area (Å²) in [6, 6.07) is -8.16. The van der Waals surface area contributed by atoms with Crippen molar-refractivity contribution >= 4 is 76.9 Å². The minimum Gasteiger partial charge on any atom is -0.459 e. The summed E-state index contributed by atoms with van der Waals surface area (Å²) in [5.41, 5.74) is 30.5. The lowest BCUT2D eigenvalue weighted by Gasteiger charge is -2.30. The summed E-state index contributed by atoms with van der Waals surface area (Å²) in [6.07, 6.45) is 0.00448. The van der Waals surface area contributed by atoms with Gasteiger partial charge in [-0.25, -0.2) is 0 Å².